The molecule has 6 nitrogen and oxygen atoms in total. The van der Waals surface area contributed by atoms with Gasteiger partial charge in [-0.3, -0.25) is 9.59 Å². The summed E-state index contributed by atoms with van der Waals surface area (Å²) >= 11 is 0. The summed E-state index contributed by atoms with van der Waals surface area (Å²) in [7, 11) is 0. The number of nitrogens with one attached hydrogen (secondary N) is 2. The predicted molar refractivity (Wildman–Crippen MR) is 84.8 cm³/mol. The molecule has 0 fully saturated rings. The lowest BCUT2D eigenvalue weighted by molar-refractivity contribution is -0.133. The second kappa shape index (κ2) is 7.40. The molecular formula is C16H20N2O4. The van der Waals surface area contributed by atoms with Gasteiger partial charge in [0.05, 0.1) is 0 Å². The van der Waals surface area contributed by atoms with E-state index in [1.807, 2.05) is 13.0 Å². The van der Waals surface area contributed by atoms with E-state index >= 15 is 0 Å². The molecule has 6 heteroatoms. The molecule has 0 saturated carbocycles. The lowest BCUT2D eigenvalue weighted by atomic mass is 10.1. The van der Waals surface area contributed by atoms with Gasteiger partial charge in [0.15, 0.2) is 0 Å². The number of benzene rings is 1. The lowest BCUT2D eigenvalue weighted by Gasteiger charge is -2.13. The van der Waals surface area contributed by atoms with Gasteiger partial charge in [-0.15, -0.1) is 0 Å². The Morgan fingerprint density at radius 2 is 1.68 bits per heavy atom. The average Bonchev–Trinajstić information content (AvgIpc) is 2.45. The van der Waals surface area contributed by atoms with Crippen LogP contribution in [0.25, 0.3) is 0 Å². The highest BCUT2D eigenvalue weighted by atomic mass is 16.4. The van der Waals surface area contributed by atoms with Gasteiger partial charge in [0.1, 0.15) is 0 Å². The number of amides is 2. The van der Waals surface area contributed by atoms with Crippen molar-refractivity contribution in [3.05, 3.63) is 34.9 Å². The number of carboxylic acid groups (broad SMARTS) is 1. The van der Waals surface area contributed by atoms with Crippen molar-refractivity contribution in [3.63, 3.8) is 0 Å². The van der Waals surface area contributed by atoms with E-state index < -0.39 is 11.9 Å². The highest BCUT2D eigenvalue weighted by Gasteiger charge is 2.14. The maximum atomic E-state index is 12.1. The van der Waals surface area contributed by atoms with Crippen molar-refractivity contribution in [2.24, 2.45) is 0 Å². The Balaban J connectivity index is 3.10. The summed E-state index contributed by atoms with van der Waals surface area (Å²) in [6.45, 7) is 6.18. The maximum absolute atomic E-state index is 12.1. The van der Waals surface area contributed by atoms with Crippen LogP contribution in [-0.4, -0.2) is 22.9 Å². The smallest absolute Gasteiger partial charge is 0.331 e. The van der Waals surface area contributed by atoms with Crippen LogP contribution in [0.5, 0.6) is 0 Å². The van der Waals surface area contributed by atoms with Crippen LogP contribution >= 0.6 is 0 Å². The first-order valence-corrected chi connectivity index (χ1v) is 6.88. The first kappa shape index (κ1) is 17.4. The molecule has 1 aromatic carbocycles. The molecule has 0 bridgehead atoms. The Morgan fingerprint density at radius 3 is 2.18 bits per heavy atom. The minimum Gasteiger partial charge on any atom is -0.478 e. The van der Waals surface area contributed by atoms with Gasteiger partial charge < -0.3 is 15.7 Å². The molecule has 2 amide bonds. The van der Waals surface area contributed by atoms with Crippen LogP contribution in [-0.2, 0) is 20.8 Å². The molecule has 0 aliphatic rings. The normalized spacial score (nSPS) is 11.5. The molecule has 3 N–H and O–H groups in total. The second-order valence-electron chi connectivity index (χ2n) is 4.92. The molecular weight excluding hydrogens is 284 g/mol. The molecule has 1 aromatic rings. The van der Waals surface area contributed by atoms with Gasteiger partial charge in [0.25, 0.3) is 5.91 Å². The van der Waals surface area contributed by atoms with E-state index in [-0.39, 0.29) is 17.1 Å². The van der Waals surface area contributed by atoms with Crippen LogP contribution in [0, 0.1) is 0 Å². The number of hydrogen-bond donors (Lipinski definition) is 3. The van der Waals surface area contributed by atoms with Gasteiger partial charge in [0.2, 0.25) is 5.91 Å². The van der Waals surface area contributed by atoms with Crippen molar-refractivity contribution >= 4 is 29.2 Å². The standard InChI is InChI=1S/C16H20N2O4/c1-5-12-6-7-13(17-11(4)19)8-14(12)18-15(20)9(2)10(3)16(21)22/h6-8H,5H2,1-4H3,(H,17,19)(H,18,20)(H,21,22)/b10-9-. The second-order valence-corrected chi connectivity index (χ2v) is 4.92. The number of hydrogen-bond acceptors (Lipinski definition) is 3. The zero-order valence-corrected chi connectivity index (χ0v) is 13.1. The van der Waals surface area contributed by atoms with Crippen LogP contribution in [0.3, 0.4) is 0 Å². The van der Waals surface area contributed by atoms with Gasteiger partial charge in [0, 0.05) is 29.4 Å². The molecule has 0 aliphatic heterocycles. The van der Waals surface area contributed by atoms with Gasteiger partial charge in [-0.05, 0) is 38.0 Å². The Bertz CT molecular complexity index is 648. The summed E-state index contributed by atoms with van der Waals surface area (Å²) in [5, 5.41) is 14.3. The molecule has 0 aromatic heterocycles. The van der Waals surface area contributed by atoms with Gasteiger partial charge >= 0.3 is 5.97 Å². The quantitative estimate of drug-likeness (QED) is 0.728. The van der Waals surface area contributed by atoms with Crippen molar-refractivity contribution in [1.82, 2.24) is 0 Å². The number of carbonyl (C=O) groups is 3. The Labute approximate surface area is 129 Å². The van der Waals surface area contributed by atoms with Crippen LogP contribution in [0.4, 0.5) is 11.4 Å². The number of aliphatic carboxylic acids is 1. The summed E-state index contributed by atoms with van der Waals surface area (Å²) in [6, 6.07) is 5.21. The van der Waals surface area contributed by atoms with Crippen molar-refractivity contribution in [2.75, 3.05) is 10.6 Å². The fourth-order valence-corrected chi connectivity index (χ4v) is 1.83. The van der Waals surface area contributed by atoms with Gasteiger partial charge in [-0.1, -0.05) is 13.0 Å². The number of carboxylic acids is 1. The maximum Gasteiger partial charge on any atom is 0.331 e. The largest absolute Gasteiger partial charge is 0.478 e. The lowest BCUT2D eigenvalue weighted by Crippen LogP contribution is -2.17. The molecule has 1 rings (SSSR count). The van der Waals surface area contributed by atoms with Crippen molar-refractivity contribution in [1.29, 1.82) is 0 Å². The first-order chi connectivity index (χ1) is 10.3. The molecule has 0 aliphatic carbocycles. The van der Waals surface area contributed by atoms with E-state index in [1.54, 1.807) is 12.1 Å². The van der Waals surface area contributed by atoms with Crippen molar-refractivity contribution < 1.29 is 19.5 Å². The summed E-state index contributed by atoms with van der Waals surface area (Å²) in [4.78, 5) is 34.2. The van der Waals surface area contributed by atoms with Crippen molar-refractivity contribution in [3.8, 4) is 0 Å². The summed E-state index contributed by atoms with van der Waals surface area (Å²) in [5.74, 6) is -1.82. The third-order valence-corrected chi connectivity index (χ3v) is 3.28. The first-order valence-electron chi connectivity index (χ1n) is 6.88. The Kier molecular flexibility index (Phi) is 5.86. The predicted octanol–water partition coefficient (Wildman–Crippen LogP) is 2.57. The van der Waals surface area contributed by atoms with E-state index in [0.29, 0.717) is 17.8 Å². The Morgan fingerprint density at radius 1 is 1.05 bits per heavy atom. The minimum atomic E-state index is -1.13. The summed E-state index contributed by atoms with van der Waals surface area (Å²) in [5.41, 5.74) is 2.14. The number of rotatable bonds is 5. The SMILES string of the molecule is CCc1ccc(NC(C)=O)cc1NC(=O)/C(C)=C(/C)C(=O)O. The molecule has 22 heavy (non-hydrogen) atoms. The summed E-state index contributed by atoms with van der Waals surface area (Å²) < 4.78 is 0. The monoisotopic (exact) mass is 304 g/mol. The van der Waals surface area contributed by atoms with E-state index in [0.717, 1.165) is 5.56 Å². The van der Waals surface area contributed by atoms with Crippen LogP contribution in [0.15, 0.2) is 29.3 Å². The van der Waals surface area contributed by atoms with Crippen LogP contribution in [0.2, 0.25) is 0 Å². The third-order valence-electron chi connectivity index (χ3n) is 3.28. The topological polar surface area (TPSA) is 95.5 Å². The van der Waals surface area contributed by atoms with E-state index in [1.165, 1.54) is 20.8 Å². The molecule has 0 spiro atoms. The van der Waals surface area contributed by atoms with E-state index in [9.17, 15) is 14.4 Å². The minimum absolute atomic E-state index is 0.00596. The average molecular weight is 304 g/mol. The molecule has 0 saturated heterocycles. The molecule has 118 valence electrons. The summed E-state index contributed by atoms with van der Waals surface area (Å²) in [6.07, 6.45) is 0.691. The highest BCUT2D eigenvalue weighted by molar-refractivity contribution is 6.08. The van der Waals surface area contributed by atoms with Gasteiger partial charge in [-0.25, -0.2) is 4.79 Å². The third kappa shape index (κ3) is 4.44. The number of aryl methyl sites for hydroxylation is 1. The van der Waals surface area contributed by atoms with E-state index in [4.69, 9.17) is 5.11 Å². The Hall–Kier alpha value is -2.63. The zero-order valence-electron chi connectivity index (χ0n) is 13.1. The molecule has 0 atom stereocenters. The number of carbonyl (C=O) groups excluding carboxylic acids is 2. The highest BCUT2D eigenvalue weighted by Crippen LogP contribution is 2.22. The zero-order chi connectivity index (χ0) is 16.9. The fraction of sp³-hybridized carbons (Fsp3) is 0.312. The van der Waals surface area contributed by atoms with Crippen molar-refractivity contribution in [2.45, 2.75) is 34.1 Å². The number of anilines is 2. The molecule has 0 unspecified atom stereocenters. The fourth-order valence-electron chi connectivity index (χ4n) is 1.83. The molecule has 0 heterocycles. The van der Waals surface area contributed by atoms with Gasteiger partial charge in [-0.2, -0.15) is 0 Å². The molecule has 0 radical (unpaired) electrons. The van der Waals surface area contributed by atoms with E-state index in [2.05, 4.69) is 10.6 Å². The van der Waals surface area contributed by atoms with Crippen LogP contribution < -0.4 is 10.6 Å². The van der Waals surface area contributed by atoms with Crippen LogP contribution in [0.1, 0.15) is 33.3 Å².